The molecule has 0 saturated heterocycles. The molecule has 0 atom stereocenters. The summed E-state index contributed by atoms with van der Waals surface area (Å²) in [5.74, 6) is 0. The number of nitrogens with zero attached hydrogens (tertiary/aromatic N) is 2. The number of aryl methyl sites for hydroxylation is 2. The van der Waals surface area contributed by atoms with Gasteiger partial charge in [0.1, 0.15) is 5.69 Å². The number of rotatable bonds is 2. The van der Waals surface area contributed by atoms with Crippen molar-refractivity contribution in [2.24, 2.45) is 0 Å². The van der Waals surface area contributed by atoms with E-state index in [-0.39, 0.29) is 0 Å². The first kappa shape index (κ1) is 17.8. The Morgan fingerprint density at radius 2 is 1.79 bits per heavy atom. The third kappa shape index (κ3) is 4.78. The smallest absolute Gasteiger partial charge is 0.125 e. The molecule has 0 radical (unpaired) electrons. The lowest BCUT2D eigenvalue weighted by molar-refractivity contribution is 0.971. The van der Waals surface area contributed by atoms with Gasteiger partial charge in [0.05, 0.1) is 10.2 Å². The van der Waals surface area contributed by atoms with E-state index in [1.54, 1.807) is 0 Å². The molecule has 3 nitrogen and oxygen atoms in total. The summed E-state index contributed by atoms with van der Waals surface area (Å²) in [4.78, 5) is 4.44. The highest BCUT2D eigenvalue weighted by Crippen LogP contribution is 2.27. The van der Waals surface area contributed by atoms with E-state index in [4.69, 9.17) is 0 Å². The van der Waals surface area contributed by atoms with E-state index in [0.717, 1.165) is 33.7 Å². The highest BCUT2D eigenvalue weighted by molar-refractivity contribution is 9.10. The van der Waals surface area contributed by atoms with Gasteiger partial charge in [-0.15, -0.1) is 0 Å². The molecule has 1 N–H and O–H groups in total. The molecule has 0 bridgehead atoms. The van der Waals surface area contributed by atoms with Gasteiger partial charge < -0.3 is 0 Å². The summed E-state index contributed by atoms with van der Waals surface area (Å²) >= 11 is 3.54. The number of hydrogen-bond donors (Lipinski definition) is 1. The minimum Gasteiger partial charge on any atom is -0.281 e. The van der Waals surface area contributed by atoms with Gasteiger partial charge in [0.2, 0.25) is 0 Å². The normalized spacial score (nSPS) is 9.00. The molecule has 0 aliphatic heterocycles. The van der Waals surface area contributed by atoms with Gasteiger partial charge >= 0.3 is 0 Å². The van der Waals surface area contributed by atoms with Gasteiger partial charge in [-0.05, 0) is 41.4 Å². The summed E-state index contributed by atoms with van der Waals surface area (Å²) < 4.78 is 1.02. The quantitative estimate of drug-likeness (QED) is 0.828. The second-order valence-electron chi connectivity index (χ2n) is 3.38. The Balaban J connectivity index is 0.000000741. The molecule has 2 aromatic heterocycles. The number of hydrogen-bond acceptors (Lipinski definition) is 2. The molecule has 0 fully saturated rings. The van der Waals surface area contributed by atoms with Crippen LogP contribution >= 0.6 is 15.9 Å². The summed E-state index contributed by atoms with van der Waals surface area (Å²) in [5, 5.41) is 7.27. The minimum atomic E-state index is 0.885. The molecular weight excluding hydrogens is 302 g/mol. The van der Waals surface area contributed by atoms with Crippen molar-refractivity contribution >= 4 is 15.9 Å². The van der Waals surface area contributed by atoms with E-state index < -0.39 is 0 Å². The van der Waals surface area contributed by atoms with Crippen molar-refractivity contribution in [3.63, 3.8) is 0 Å². The maximum Gasteiger partial charge on any atom is 0.125 e. The monoisotopic (exact) mass is 325 g/mol. The maximum absolute atomic E-state index is 4.44. The van der Waals surface area contributed by atoms with Crippen LogP contribution in [0.3, 0.4) is 0 Å². The SMILES string of the molecule is CC.CC.CCc1[nH]nc(-c2cccc(C)n2)c1Br. The average molecular weight is 326 g/mol. The molecule has 0 aliphatic carbocycles. The second kappa shape index (κ2) is 9.73. The highest BCUT2D eigenvalue weighted by Gasteiger charge is 2.11. The molecule has 2 rings (SSSR count). The van der Waals surface area contributed by atoms with Crippen molar-refractivity contribution in [2.45, 2.75) is 48.0 Å². The molecule has 0 unspecified atom stereocenters. The van der Waals surface area contributed by atoms with E-state index in [2.05, 4.69) is 38.0 Å². The number of aromatic amines is 1. The van der Waals surface area contributed by atoms with Crippen LogP contribution in [0.5, 0.6) is 0 Å². The van der Waals surface area contributed by atoms with E-state index in [0.29, 0.717) is 0 Å². The maximum atomic E-state index is 4.44. The predicted octanol–water partition coefficient (Wildman–Crippen LogP) is 5.16. The number of pyridine rings is 1. The molecule has 2 heterocycles. The molecule has 2 aromatic rings. The van der Waals surface area contributed by atoms with E-state index >= 15 is 0 Å². The van der Waals surface area contributed by atoms with Gasteiger partial charge in [-0.3, -0.25) is 10.1 Å². The highest BCUT2D eigenvalue weighted by atomic mass is 79.9. The Morgan fingerprint density at radius 1 is 1.16 bits per heavy atom. The Morgan fingerprint density at radius 3 is 2.26 bits per heavy atom. The number of H-pyrrole nitrogens is 1. The lowest BCUT2D eigenvalue weighted by Crippen LogP contribution is -1.86. The van der Waals surface area contributed by atoms with Gasteiger partial charge in [-0.25, -0.2) is 0 Å². The lowest BCUT2D eigenvalue weighted by Gasteiger charge is -1.98. The van der Waals surface area contributed by atoms with Crippen LogP contribution in [0, 0.1) is 6.92 Å². The first-order valence-electron chi connectivity index (χ1n) is 6.89. The molecular formula is C15H24BrN3. The minimum absolute atomic E-state index is 0.885. The molecule has 0 aromatic carbocycles. The molecule has 106 valence electrons. The third-order valence-corrected chi connectivity index (χ3v) is 3.11. The summed E-state index contributed by atoms with van der Waals surface area (Å²) in [6, 6.07) is 5.93. The summed E-state index contributed by atoms with van der Waals surface area (Å²) in [7, 11) is 0. The third-order valence-electron chi connectivity index (χ3n) is 2.26. The van der Waals surface area contributed by atoms with E-state index in [1.807, 2.05) is 52.8 Å². The summed E-state index contributed by atoms with van der Waals surface area (Å²) in [6.45, 7) is 12.1. The van der Waals surface area contributed by atoms with Crippen molar-refractivity contribution in [2.75, 3.05) is 0 Å². The first-order chi connectivity index (χ1) is 9.22. The Labute approximate surface area is 125 Å². The van der Waals surface area contributed by atoms with Gasteiger partial charge in [0, 0.05) is 11.4 Å². The first-order valence-corrected chi connectivity index (χ1v) is 7.68. The lowest BCUT2D eigenvalue weighted by atomic mass is 10.2. The van der Waals surface area contributed by atoms with Crippen LogP contribution in [0.2, 0.25) is 0 Å². The standard InChI is InChI=1S/C11H12BrN3.2C2H6/c1-3-8-10(12)11(15-14-8)9-6-4-5-7(2)13-9;2*1-2/h4-6H,3H2,1-2H3,(H,14,15);2*1-2H3. The van der Waals surface area contributed by atoms with Crippen LogP contribution in [0.1, 0.15) is 46.0 Å². The van der Waals surface area contributed by atoms with Gasteiger partial charge in [-0.1, -0.05) is 40.7 Å². The van der Waals surface area contributed by atoms with Crippen LogP contribution in [0.25, 0.3) is 11.4 Å². The molecule has 0 saturated carbocycles. The Bertz CT molecular complexity index is 478. The molecule has 0 amide bonds. The van der Waals surface area contributed by atoms with Crippen LogP contribution in [-0.4, -0.2) is 15.2 Å². The van der Waals surface area contributed by atoms with E-state index in [1.165, 1.54) is 0 Å². The van der Waals surface area contributed by atoms with E-state index in [9.17, 15) is 0 Å². The molecule has 19 heavy (non-hydrogen) atoms. The fourth-order valence-electron chi connectivity index (χ4n) is 1.44. The fraction of sp³-hybridized carbons (Fsp3) is 0.467. The van der Waals surface area contributed by atoms with Crippen LogP contribution in [-0.2, 0) is 6.42 Å². The van der Waals surface area contributed by atoms with Crippen molar-refractivity contribution in [1.29, 1.82) is 0 Å². The predicted molar refractivity (Wildman–Crippen MR) is 86.3 cm³/mol. The second-order valence-corrected chi connectivity index (χ2v) is 4.18. The zero-order valence-electron chi connectivity index (χ0n) is 12.7. The summed E-state index contributed by atoms with van der Waals surface area (Å²) in [5.41, 5.74) is 3.89. The van der Waals surface area contributed by atoms with Crippen molar-refractivity contribution in [3.8, 4) is 11.4 Å². The zero-order valence-corrected chi connectivity index (χ0v) is 14.3. The van der Waals surface area contributed by atoms with Crippen molar-refractivity contribution in [1.82, 2.24) is 15.2 Å². The van der Waals surface area contributed by atoms with Crippen LogP contribution < -0.4 is 0 Å². The Kier molecular flexibility index (Phi) is 9.13. The number of aromatic nitrogens is 3. The Hall–Kier alpha value is -1.16. The van der Waals surface area contributed by atoms with Gasteiger partial charge in [0.15, 0.2) is 0 Å². The van der Waals surface area contributed by atoms with Gasteiger partial charge in [-0.2, -0.15) is 5.10 Å². The average Bonchev–Trinajstić information content (AvgIpc) is 2.84. The summed E-state index contributed by atoms with van der Waals surface area (Å²) in [6.07, 6.45) is 0.930. The topological polar surface area (TPSA) is 41.6 Å². The van der Waals surface area contributed by atoms with Crippen molar-refractivity contribution in [3.05, 3.63) is 34.1 Å². The van der Waals surface area contributed by atoms with Crippen molar-refractivity contribution < 1.29 is 0 Å². The number of halogens is 1. The fourth-order valence-corrected chi connectivity index (χ4v) is 2.10. The van der Waals surface area contributed by atoms with Crippen LogP contribution in [0.15, 0.2) is 22.7 Å². The molecule has 0 aliphatic rings. The largest absolute Gasteiger partial charge is 0.281 e. The zero-order chi connectivity index (χ0) is 14.8. The molecule has 4 heteroatoms. The number of nitrogens with one attached hydrogen (secondary N) is 1. The molecule has 0 spiro atoms. The van der Waals surface area contributed by atoms with Crippen LogP contribution in [0.4, 0.5) is 0 Å². The van der Waals surface area contributed by atoms with Gasteiger partial charge in [0.25, 0.3) is 0 Å².